The van der Waals surface area contributed by atoms with E-state index < -0.39 is 0 Å². The number of nitrogens with two attached hydrogens (primary N) is 1. The van der Waals surface area contributed by atoms with Crippen LogP contribution < -0.4 is 11.1 Å². The van der Waals surface area contributed by atoms with Crippen LogP contribution in [0, 0.1) is 13.8 Å². The first-order valence-electron chi connectivity index (χ1n) is 5.77. The van der Waals surface area contributed by atoms with Crippen molar-refractivity contribution in [2.24, 2.45) is 5.73 Å². The van der Waals surface area contributed by atoms with Crippen molar-refractivity contribution < 1.29 is 0 Å². The largest absolute Gasteiger partial charge is 0.382 e. The van der Waals surface area contributed by atoms with Crippen molar-refractivity contribution in [2.45, 2.75) is 39.2 Å². The van der Waals surface area contributed by atoms with Crippen LogP contribution in [0.4, 0.5) is 5.69 Å². The molecule has 1 aliphatic heterocycles. The Hall–Kier alpha value is -1.02. The molecule has 0 saturated heterocycles. The first-order valence-corrected chi connectivity index (χ1v) is 5.77. The summed E-state index contributed by atoms with van der Waals surface area (Å²) in [7, 11) is 0. The molecule has 1 heterocycles. The summed E-state index contributed by atoms with van der Waals surface area (Å²) in [5, 5.41) is 3.60. The number of aryl methyl sites for hydroxylation is 2. The van der Waals surface area contributed by atoms with E-state index in [1.807, 2.05) is 0 Å². The second kappa shape index (κ2) is 4.23. The lowest BCUT2D eigenvalue weighted by molar-refractivity contribution is 0.592. The van der Waals surface area contributed by atoms with Crippen LogP contribution in [-0.2, 0) is 6.42 Å². The van der Waals surface area contributed by atoms with Gasteiger partial charge in [-0.15, -0.1) is 0 Å². The molecule has 0 aliphatic carbocycles. The van der Waals surface area contributed by atoms with Gasteiger partial charge in [0.05, 0.1) is 0 Å². The zero-order valence-electron chi connectivity index (χ0n) is 9.64. The molecule has 0 aromatic heterocycles. The van der Waals surface area contributed by atoms with Crippen LogP contribution in [0.3, 0.4) is 0 Å². The number of hydrogen-bond acceptors (Lipinski definition) is 2. The predicted octanol–water partition coefficient (Wildman–Crippen LogP) is 2.38. The van der Waals surface area contributed by atoms with Crippen LogP contribution >= 0.6 is 0 Å². The maximum Gasteiger partial charge on any atom is 0.0380 e. The van der Waals surface area contributed by atoms with Gasteiger partial charge < -0.3 is 11.1 Å². The standard InChI is InChI=1S/C13H20N2/c1-9-7-10(2)12-4-3-11(5-6-14)15-13(12)8-9/h7-8,11,15H,3-6,14H2,1-2H3. The second-order valence-electron chi connectivity index (χ2n) is 4.57. The summed E-state index contributed by atoms with van der Waals surface area (Å²) in [6.07, 6.45) is 3.49. The van der Waals surface area contributed by atoms with E-state index in [0.29, 0.717) is 6.04 Å². The molecule has 1 aromatic rings. The van der Waals surface area contributed by atoms with Gasteiger partial charge in [0.2, 0.25) is 0 Å². The van der Waals surface area contributed by atoms with Gasteiger partial charge in [0.15, 0.2) is 0 Å². The van der Waals surface area contributed by atoms with Crippen LogP contribution in [-0.4, -0.2) is 12.6 Å². The van der Waals surface area contributed by atoms with E-state index in [4.69, 9.17) is 5.73 Å². The topological polar surface area (TPSA) is 38.0 Å². The van der Waals surface area contributed by atoms with Crippen molar-refractivity contribution >= 4 is 5.69 Å². The molecule has 1 aliphatic rings. The van der Waals surface area contributed by atoms with Gasteiger partial charge >= 0.3 is 0 Å². The van der Waals surface area contributed by atoms with Gasteiger partial charge in [-0.1, -0.05) is 6.07 Å². The van der Waals surface area contributed by atoms with Crippen molar-refractivity contribution in [1.29, 1.82) is 0 Å². The van der Waals surface area contributed by atoms with Gasteiger partial charge in [0, 0.05) is 11.7 Å². The highest BCUT2D eigenvalue weighted by Crippen LogP contribution is 2.29. The average Bonchev–Trinajstić information content (AvgIpc) is 2.17. The molecule has 0 spiro atoms. The Kier molecular flexibility index (Phi) is 2.96. The van der Waals surface area contributed by atoms with Crippen LogP contribution in [0.15, 0.2) is 12.1 Å². The van der Waals surface area contributed by atoms with E-state index in [2.05, 4.69) is 31.3 Å². The minimum Gasteiger partial charge on any atom is -0.382 e. The summed E-state index contributed by atoms with van der Waals surface area (Å²) < 4.78 is 0. The first kappa shape index (κ1) is 10.5. The maximum absolute atomic E-state index is 5.60. The summed E-state index contributed by atoms with van der Waals surface area (Å²) >= 11 is 0. The fourth-order valence-corrected chi connectivity index (χ4v) is 2.49. The smallest absolute Gasteiger partial charge is 0.0380 e. The third-order valence-electron chi connectivity index (χ3n) is 3.23. The van der Waals surface area contributed by atoms with Gasteiger partial charge in [-0.25, -0.2) is 0 Å². The summed E-state index contributed by atoms with van der Waals surface area (Å²) in [6, 6.07) is 5.10. The van der Waals surface area contributed by atoms with E-state index in [1.54, 1.807) is 0 Å². The number of benzene rings is 1. The third-order valence-corrected chi connectivity index (χ3v) is 3.23. The normalized spacial score (nSPS) is 19.5. The molecular weight excluding hydrogens is 184 g/mol. The fraction of sp³-hybridized carbons (Fsp3) is 0.538. The van der Waals surface area contributed by atoms with Gasteiger partial charge in [-0.2, -0.15) is 0 Å². The molecule has 2 rings (SSSR count). The van der Waals surface area contributed by atoms with Gasteiger partial charge in [-0.05, 0) is 62.4 Å². The monoisotopic (exact) mass is 204 g/mol. The van der Waals surface area contributed by atoms with Crippen LogP contribution in [0.1, 0.15) is 29.5 Å². The zero-order valence-corrected chi connectivity index (χ0v) is 9.64. The van der Waals surface area contributed by atoms with Gasteiger partial charge in [-0.3, -0.25) is 0 Å². The minimum atomic E-state index is 0.573. The van der Waals surface area contributed by atoms with E-state index in [9.17, 15) is 0 Å². The lowest BCUT2D eigenvalue weighted by atomic mass is 9.92. The van der Waals surface area contributed by atoms with E-state index in [-0.39, 0.29) is 0 Å². The molecule has 1 atom stereocenters. The second-order valence-corrected chi connectivity index (χ2v) is 4.57. The molecule has 0 fully saturated rings. The SMILES string of the molecule is Cc1cc(C)c2c(c1)NC(CCN)CC2. The third kappa shape index (κ3) is 2.15. The molecule has 15 heavy (non-hydrogen) atoms. The summed E-state index contributed by atoms with van der Waals surface area (Å²) in [4.78, 5) is 0. The van der Waals surface area contributed by atoms with Gasteiger partial charge in [0.1, 0.15) is 0 Å². The van der Waals surface area contributed by atoms with Crippen molar-refractivity contribution in [3.63, 3.8) is 0 Å². The molecule has 3 N–H and O–H groups in total. The molecule has 1 aromatic carbocycles. The number of nitrogens with one attached hydrogen (secondary N) is 1. The number of rotatable bonds is 2. The molecule has 82 valence electrons. The summed E-state index contributed by atoms with van der Waals surface area (Å²) in [6.45, 7) is 5.13. The quantitative estimate of drug-likeness (QED) is 0.776. The molecule has 0 saturated carbocycles. The highest BCUT2D eigenvalue weighted by atomic mass is 14.9. The number of hydrogen-bond donors (Lipinski definition) is 2. The molecule has 1 unspecified atom stereocenters. The Morgan fingerprint density at radius 3 is 2.93 bits per heavy atom. The highest BCUT2D eigenvalue weighted by molar-refractivity contribution is 5.58. The van der Waals surface area contributed by atoms with Gasteiger partial charge in [0.25, 0.3) is 0 Å². The van der Waals surface area contributed by atoms with E-state index in [1.165, 1.54) is 35.2 Å². The van der Waals surface area contributed by atoms with Crippen LogP contribution in [0.2, 0.25) is 0 Å². The van der Waals surface area contributed by atoms with E-state index >= 15 is 0 Å². The highest BCUT2D eigenvalue weighted by Gasteiger charge is 2.18. The maximum atomic E-state index is 5.60. The molecule has 0 radical (unpaired) electrons. The first-order chi connectivity index (χ1) is 7.20. The van der Waals surface area contributed by atoms with E-state index in [0.717, 1.165) is 13.0 Å². The Bertz CT molecular complexity index is 358. The molecule has 0 bridgehead atoms. The predicted molar refractivity (Wildman–Crippen MR) is 65.3 cm³/mol. The Labute approximate surface area is 91.9 Å². The summed E-state index contributed by atoms with van der Waals surface area (Å²) in [5.74, 6) is 0. The molecule has 2 nitrogen and oxygen atoms in total. The Morgan fingerprint density at radius 2 is 2.20 bits per heavy atom. The number of anilines is 1. The summed E-state index contributed by atoms with van der Waals surface area (Å²) in [5.41, 5.74) is 11.2. The number of fused-ring (bicyclic) bond motifs is 1. The molecule has 2 heteroatoms. The van der Waals surface area contributed by atoms with Crippen LogP contribution in [0.5, 0.6) is 0 Å². The minimum absolute atomic E-state index is 0.573. The Morgan fingerprint density at radius 1 is 1.40 bits per heavy atom. The lowest BCUT2D eigenvalue weighted by Gasteiger charge is -2.28. The van der Waals surface area contributed by atoms with Crippen LogP contribution in [0.25, 0.3) is 0 Å². The molecular formula is C13H20N2. The van der Waals surface area contributed by atoms with Crippen molar-refractivity contribution in [1.82, 2.24) is 0 Å². The Balaban J connectivity index is 2.25. The van der Waals surface area contributed by atoms with Crippen molar-refractivity contribution in [2.75, 3.05) is 11.9 Å². The molecule has 0 amide bonds. The lowest BCUT2D eigenvalue weighted by Crippen LogP contribution is -2.28. The zero-order chi connectivity index (χ0) is 10.8. The van der Waals surface area contributed by atoms with Crippen molar-refractivity contribution in [3.8, 4) is 0 Å². The fourth-order valence-electron chi connectivity index (χ4n) is 2.49. The van der Waals surface area contributed by atoms with Crippen molar-refractivity contribution in [3.05, 3.63) is 28.8 Å². The average molecular weight is 204 g/mol.